The number of rotatable bonds is 3. The van der Waals surface area contributed by atoms with Gasteiger partial charge in [-0.3, -0.25) is 9.78 Å². The fraction of sp³-hybridized carbons (Fsp3) is 0.312. The Labute approximate surface area is 133 Å². The molecule has 5 nitrogen and oxygen atoms in total. The topological polar surface area (TPSA) is 55.3 Å². The number of amides is 1. The highest BCUT2D eigenvalue weighted by Crippen LogP contribution is 2.32. The SMILES string of the molecule is CN(C(=O)c1ccc(Cl)cn1)[C@H]1CCO[C@@H]1c1cccnc1. The van der Waals surface area contributed by atoms with Gasteiger partial charge in [0, 0.05) is 37.8 Å². The number of pyridine rings is 2. The van der Waals surface area contributed by atoms with E-state index < -0.39 is 0 Å². The number of likely N-dealkylation sites (N-methyl/N-ethyl adjacent to an activating group) is 1. The van der Waals surface area contributed by atoms with E-state index in [4.69, 9.17) is 16.3 Å². The minimum absolute atomic E-state index is 0.0332. The normalized spacial score (nSPS) is 20.8. The number of nitrogens with zero attached hydrogens (tertiary/aromatic N) is 3. The van der Waals surface area contributed by atoms with Gasteiger partial charge in [-0.15, -0.1) is 0 Å². The molecule has 0 saturated carbocycles. The lowest BCUT2D eigenvalue weighted by atomic mass is 10.0. The van der Waals surface area contributed by atoms with Crippen molar-refractivity contribution < 1.29 is 9.53 Å². The van der Waals surface area contributed by atoms with Crippen LogP contribution in [0.4, 0.5) is 0 Å². The van der Waals surface area contributed by atoms with Crippen LogP contribution in [0.15, 0.2) is 42.9 Å². The Hall–Kier alpha value is -1.98. The molecule has 1 saturated heterocycles. The average Bonchev–Trinajstić information content (AvgIpc) is 3.04. The lowest BCUT2D eigenvalue weighted by molar-refractivity contribution is 0.0511. The third-order valence-electron chi connectivity index (χ3n) is 3.84. The van der Waals surface area contributed by atoms with E-state index in [-0.39, 0.29) is 18.1 Å². The Bertz CT molecular complexity index is 648. The molecule has 3 rings (SSSR count). The van der Waals surface area contributed by atoms with Crippen LogP contribution in [0.2, 0.25) is 5.02 Å². The Morgan fingerprint density at radius 1 is 1.36 bits per heavy atom. The van der Waals surface area contributed by atoms with Crippen molar-refractivity contribution in [3.8, 4) is 0 Å². The summed E-state index contributed by atoms with van der Waals surface area (Å²) >= 11 is 5.81. The number of hydrogen-bond donors (Lipinski definition) is 0. The molecule has 0 radical (unpaired) electrons. The maximum absolute atomic E-state index is 12.6. The van der Waals surface area contributed by atoms with Gasteiger partial charge in [-0.05, 0) is 24.6 Å². The quantitative estimate of drug-likeness (QED) is 0.873. The van der Waals surface area contributed by atoms with Gasteiger partial charge in [0.05, 0.1) is 11.1 Å². The maximum atomic E-state index is 12.6. The summed E-state index contributed by atoms with van der Waals surface area (Å²) in [5.74, 6) is -0.138. The zero-order valence-electron chi connectivity index (χ0n) is 12.1. The van der Waals surface area contributed by atoms with E-state index in [0.717, 1.165) is 12.0 Å². The van der Waals surface area contributed by atoms with Crippen LogP contribution in [0.25, 0.3) is 0 Å². The van der Waals surface area contributed by atoms with E-state index in [1.807, 2.05) is 12.1 Å². The average molecular weight is 318 g/mol. The van der Waals surface area contributed by atoms with Gasteiger partial charge in [0.25, 0.3) is 5.91 Å². The molecule has 0 N–H and O–H groups in total. The number of halogens is 1. The van der Waals surface area contributed by atoms with Crippen LogP contribution in [0.3, 0.4) is 0 Å². The second-order valence-corrected chi connectivity index (χ2v) is 5.65. The van der Waals surface area contributed by atoms with Crippen molar-refractivity contribution in [1.82, 2.24) is 14.9 Å². The fourth-order valence-corrected chi connectivity index (χ4v) is 2.78. The second kappa shape index (κ2) is 6.42. The van der Waals surface area contributed by atoms with Crippen LogP contribution < -0.4 is 0 Å². The molecule has 2 atom stereocenters. The molecule has 1 aliphatic heterocycles. The molecular formula is C16H16ClN3O2. The Morgan fingerprint density at radius 2 is 2.23 bits per heavy atom. The van der Waals surface area contributed by atoms with Gasteiger partial charge in [0.2, 0.25) is 0 Å². The number of carbonyl (C=O) groups is 1. The molecule has 22 heavy (non-hydrogen) atoms. The highest BCUT2D eigenvalue weighted by Gasteiger charge is 2.35. The molecule has 0 aromatic carbocycles. The van der Waals surface area contributed by atoms with Crippen LogP contribution in [-0.2, 0) is 4.74 Å². The number of carbonyl (C=O) groups excluding carboxylic acids is 1. The molecule has 6 heteroatoms. The van der Waals surface area contributed by atoms with E-state index in [1.165, 1.54) is 6.20 Å². The van der Waals surface area contributed by atoms with Gasteiger partial charge in [-0.25, -0.2) is 4.98 Å². The largest absolute Gasteiger partial charge is 0.371 e. The standard InChI is InChI=1S/C16H16ClN3O2/c1-20(16(21)13-5-4-12(17)10-19-13)14-6-8-22-15(14)11-3-2-7-18-9-11/h2-5,7,9-10,14-15H,6,8H2,1H3/t14-,15+/m0/s1. The summed E-state index contributed by atoms with van der Waals surface area (Å²) in [6.45, 7) is 0.621. The molecule has 0 unspecified atom stereocenters. The summed E-state index contributed by atoms with van der Waals surface area (Å²) in [5.41, 5.74) is 1.36. The van der Waals surface area contributed by atoms with Crippen molar-refractivity contribution in [3.05, 3.63) is 59.1 Å². The van der Waals surface area contributed by atoms with Gasteiger partial charge >= 0.3 is 0 Å². The van der Waals surface area contributed by atoms with E-state index in [9.17, 15) is 4.79 Å². The third-order valence-corrected chi connectivity index (χ3v) is 4.06. The highest BCUT2D eigenvalue weighted by atomic mass is 35.5. The first-order valence-corrected chi connectivity index (χ1v) is 7.45. The molecular weight excluding hydrogens is 302 g/mol. The minimum atomic E-state index is -0.157. The van der Waals surface area contributed by atoms with Gasteiger partial charge in [0.15, 0.2) is 0 Å². The summed E-state index contributed by atoms with van der Waals surface area (Å²) < 4.78 is 5.80. The molecule has 1 amide bonds. The summed E-state index contributed by atoms with van der Waals surface area (Å²) in [7, 11) is 1.78. The van der Waals surface area contributed by atoms with Crippen molar-refractivity contribution in [2.45, 2.75) is 18.6 Å². The van der Waals surface area contributed by atoms with E-state index in [2.05, 4.69) is 9.97 Å². The predicted octanol–water partition coefficient (Wildman–Crippen LogP) is 2.73. The first kappa shape index (κ1) is 14.9. The molecule has 2 aromatic rings. The number of hydrogen-bond acceptors (Lipinski definition) is 4. The Morgan fingerprint density at radius 3 is 2.91 bits per heavy atom. The Kier molecular flexibility index (Phi) is 4.36. The molecule has 1 fully saturated rings. The van der Waals surface area contributed by atoms with Crippen molar-refractivity contribution in [2.24, 2.45) is 0 Å². The zero-order chi connectivity index (χ0) is 15.5. The molecule has 2 aromatic heterocycles. The summed E-state index contributed by atoms with van der Waals surface area (Å²) in [6, 6.07) is 7.11. The van der Waals surface area contributed by atoms with Gasteiger partial charge < -0.3 is 9.64 Å². The first-order valence-electron chi connectivity index (χ1n) is 7.07. The van der Waals surface area contributed by atoms with E-state index in [1.54, 1.807) is 36.5 Å². The molecule has 0 bridgehead atoms. The molecule has 114 valence electrons. The van der Waals surface area contributed by atoms with Crippen LogP contribution in [-0.4, -0.2) is 40.5 Å². The zero-order valence-corrected chi connectivity index (χ0v) is 12.9. The highest BCUT2D eigenvalue weighted by molar-refractivity contribution is 6.30. The van der Waals surface area contributed by atoms with Crippen molar-refractivity contribution in [1.29, 1.82) is 0 Å². The minimum Gasteiger partial charge on any atom is -0.371 e. The van der Waals surface area contributed by atoms with Gasteiger partial charge in [-0.2, -0.15) is 0 Å². The predicted molar refractivity (Wildman–Crippen MR) is 82.7 cm³/mol. The lowest BCUT2D eigenvalue weighted by Crippen LogP contribution is -2.39. The van der Waals surface area contributed by atoms with E-state index in [0.29, 0.717) is 17.3 Å². The smallest absolute Gasteiger partial charge is 0.272 e. The fourth-order valence-electron chi connectivity index (χ4n) is 2.67. The van der Waals surface area contributed by atoms with Gasteiger partial charge in [0.1, 0.15) is 11.8 Å². The summed E-state index contributed by atoms with van der Waals surface area (Å²) in [6.07, 6.45) is 5.61. The Balaban J connectivity index is 1.80. The molecule has 0 spiro atoms. The first-order chi connectivity index (χ1) is 10.7. The second-order valence-electron chi connectivity index (χ2n) is 5.21. The monoisotopic (exact) mass is 317 g/mol. The van der Waals surface area contributed by atoms with Crippen molar-refractivity contribution in [2.75, 3.05) is 13.7 Å². The lowest BCUT2D eigenvalue weighted by Gasteiger charge is -2.28. The molecule has 0 aliphatic carbocycles. The van der Waals surface area contributed by atoms with Crippen LogP contribution in [0.1, 0.15) is 28.6 Å². The summed E-state index contributed by atoms with van der Waals surface area (Å²) in [5, 5.41) is 0.511. The van der Waals surface area contributed by atoms with Crippen LogP contribution >= 0.6 is 11.6 Å². The van der Waals surface area contributed by atoms with E-state index >= 15 is 0 Å². The van der Waals surface area contributed by atoms with Crippen LogP contribution in [0.5, 0.6) is 0 Å². The summed E-state index contributed by atoms with van der Waals surface area (Å²) in [4.78, 5) is 22.5. The molecule has 3 heterocycles. The number of ether oxygens (including phenoxy) is 1. The van der Waals surface area contributed by atoms with Crippen molar-refractivity contribution >= 4 is 17.5 Å². The van der Waals surface area contributed by atoms with Gasteiger partial charge in [-0.1, -0.05) is 17.7 Å². The van der Waals surface area contributed by atoms with Crippen molar-refractivity contribution in [3.63, 3.8) is 0 Å². The number of aromatic nitrogens is 2. The maximum Gasteiger partial charge on any atom is 0.272 e. The van der Waals surface area contributed by atoms with Crippen LogP contribution in [0, 0.1) is 0 Å². The molecule has 1 aliphatic rings. The third kappa shape index (κ3) is 2.96.